The number of carbonyl (C=O) groups is 1. The molecule has 0 heterocycles. The molecule has 1 rings (SSSR count). The largest absolute Gasteiger partial charge is 0.330 e. The lowest BCUT2D eigenvalue weighted by atomic mass is 10.1. The highest BCUT2D eigenvalue weighted by Crippen LogP contribution is 2.20. The number of hydrogen-bond donors (Lipinski definition) is 2. The fraction of sp³-hybridized carbons (Fsp3) is 0.333. The first-order chi connectivity index (χ1) is 8.08. The molecule has 0 saturated carbocycles. The quantitative estimate of drug-likeness (QED) is 0.833. The predicted molar refractivity (Wildman–Crippen MR) is 62.8 cm³/mol. The van der Waals surface area contributed by atoms with Crippen LogP contribution in [-0.4, -0.2) is 12.5 Å². The Hall–Kier alpha value is -1.93. The first-order valence-electron chi connectivity index (χ1n) is 5.28. The first-order valence-corrected chi connectivity index (χ1v) is 5.28. The second-order valence-electron chi connectivity index (χ2n) is 3.68. The Kier molecular flexibility index (Phi) is 4.61. The number of nitrogens with zero attached hydrogens (tertiary/aromatic N) is 1. The first kappa shape index (κ1) is 13.1. The molecule has 90 valence electrons. The maximum absolute atomic E-state index is 13.4. The average molecular weight is 235 g/mol. The molecule has 0 aliphatic rings. The van der Waals surface area contributed by atoms with Crippen molar-refractivity contribution in [2.24, 2.45) is 5.73 Å². The molecule has 0 aliphatic carbocycles. The third-order valence-electron chi connectivity index (χ3n) is 2.36. The highest BCUT2D eigenvalue weighted by molar-refractivity contribution is 5.91. The van der Waals surface area contributed by atoms with Crippen LogP contribution >= 0.6 is 0 Å². The van der Waals surface area contributed by atoms with Crippen LogP contribution in [0.1, 0.15) is 24.0 Å². The van der Waals surface area contributed by atoms with Crippen molar-refractivity contribution in [2.75, 3.05) is 11.9 Å². The number of hydrogen-bond acceptors (Lipinski definition) is 3. The molecule has 17 heavy (non-hydrogen) atoms. The van der Waals surface area contributed by atoms with E-state index in [1.54, 1.807) is 6.92 Å². The van der Waals surface area contributed by atoms with Crippen molar-refractivity contribution in [1.29, 1.82) is 5.26 Å². The van der Waals surface area contributed by atoms with Crippen molar-refractivity contribution < 1.29 is 9.18 Å². The third-order valence-corrected chi connectivity index (χ3v) is 2.36. The van der Waals surface area contributed by atoms with E-state index in [4.69, 9.17) is 11.0 Å². The molecule has 0 spiro atoms. The Labute approximate surface area is 99.2 Å². The maximum atomic E-state index is 13.4. The van der Waals surface area contributed by atoms with Crippen molar-refractivity contribution >= 4 is 11.6 Å². The number of amides is 1. The number of nitrogens with one attached hydrogen (secondary N) is 1. The Morgan fingerprint density at radius 2 is 2.29 bits per heavy atom. The number of halogens is 1. The summed E-state index contributed by atoms with van der Waals surface area (Å²) in [7, 11) is 0. The number of nitrogens with two attached hydrogens (primary N) is 1. The number of rotatable bonds is 4. The molecule has 0 atom stereocenters. The number of benzene rings is 1. The van der Waals surface area contributed by atoms with Crippen LogP contribution in [0.4, 0.5) is 10.1 Å². The molecule has 5 heteroatoms. The minimum absolute atomic E-state index is 0.183. The fourth-order valence-electron chi connectivity index (χ4n) is 1.35. The van der Waals surface area contributed by atoms with Crippen molar-refractivity contribution in [2.45, 2.75) is 19.8 Å². The second-order valence-corrected chi connectivity index (χ2v) is 3.68. The lowest BCUT2D eigenvalue weighted by molar-refractivity contribution is -0.116. The van der Waals surface area contributed by atoms with E-state index >= 15 is 0 Å². The maximum Gasteiger partial charge on any atom is 0.224 e. The van der Waals surface area contributed by atoms with Crippen LogP contribution in [-0.2, 0) is 4.79 Å². The minimum Gasteiger partial charge on any atom is -0.330 e. The van der Waals surface area contributed by atoms with Crippen LogP contribution in [0.25, 0.3) is 0 Å². The molecule has 0 saturated heterocycles. The van der Waals surface area contributed by atoms with E-state index in [1.807, 2.05) is 6.07 Å². The molecule has 0 fully saturated rings. The second kappa shape index (κ2) is 5.97. The Balaban J connectivity index is 2.87. The summed E-state index contributed by atoms with van der Waals surface area (Å²) in [6, 6.07) is 4.44. The van der Waals surface area contributed by atoms with Gasteiger partial charge in [-0.2, -0.15) is 5.26 Å². The molecule has 4 nitrogen and oxygen atoms in total. The Bertz CT molecular complexity index is 466. The van der Waals surface area contributed by atoms with Gasteiger partial charge >= 0.3 is 0 Å². The van der Waals surface area contributed by atoms with Crippen LogP contribution in [0.5, 0.6) is 0 Å². The summed E-state index contributed by atoms with van der Waals surface area (Å²) >= 11 is 0. The van der Waals surface area contributed by atoms with Gasteiger partial charge in [0.1, 0.15) is 5.82 Å². The normalized spacial score (nSPS) is 9.76. The summed E-state index contributed by atoms with van der Waals surface area (Å²) in [6.07, 6.45) is 0.861. The molecule has 0 unspecified atom stereocenters. The molecular formula is C12H14FN3O. The summed E-state index contributed by atoms with van der Waals surface area (Å²) in [4.78, 5) is 11.5. The van der Waals surface area contributed by atoms with E-state index in [-0.39, 0.29) is 17.9 Å². The van der Waals surface area contributed by atoms with Gasteiger partial charge in [0, 0.05) is 17.7 Å². The smallest absolute Gasteiger partial charge is 0.224 e. The lowest BCUT2D eigenvalue weighted by Gasteiger charge is -2.09. The topological polar surface area (TPSA) is 78.9 Å². The van der Waals surface area contributed by atoms with Gasteiger partial charge in [-0.15, -0.1) is 0 Å². The molecular weight excluding hydrogens is 221 g/mol. The monoisotopic (exact) mass is 235 g/mol. The van der Waals surface area contributed by atoms with Crippen molar-refractivity contribution in [3.63, 3.8) is 0 Å². The predicted octanol–water partition coefficient (Wildman–Crippen LogP) is 1.68. The number of anilines is 1. The van der Waals surface area contributed by atoms with Gasteiger partial charge in [0.2, 0.25) is 5.91 Å². The van der Waals surface area contributed by atoms with Crippen LogP contribution < -0.4 is 11.1 Å². The molecule has 3 N–H and O–H groups in total. The van der Waals surface area contributed by atoms with Gasteiger partial charge in [-0.3, -0.25) is 4.79 Å². The summed E-state index contributed by atoms with van der Waals surface area (Å²) in [5.41, 5.74) is 6.13. The van der Waals surface area contributed by atoms with E-state index in [2.05, 4.69) is 5.32 Å². The van der Waals surface area contributed by atoms with Gasteiger partial charge in [0.15, 0.2) is 0 Å². The standard InChI is InChI=1S/C12H14FN3O/c1-8-10(13)5-9(7-15)6-11(8)16-12(17)3-2-4-14/h5-6H,2-4,14H2,1H3,(H,16,17). The van der Waals surface area contributed by atoms with Crippen molar-refractivity contribution in [3.8, 4) is 6.07 Å². The van der Waals surface area contributed by atoms with E-state index in [1.165, 1.54) is 6.07 Å². The molecule has 1 amide bonds. The van der Waals surface area contributed by atoms with E-state index in [0.717, 1.165) is 6.07 Å². The Morgan fingerprint density at radius 3 is 2.88 bits per heavy atom. The summed E-state index contributed by atoms with van der Waals surface area (Å²) in [6.45, 7) is 1.98. The van der Waals surface area contributed by atoms with E-state index in [0.29, 0.717) is 24.2 Å². The van der Waals surface area contributed by atoms with Crippen LogP contribution in [0.2, 0.25) is 0 Å². The van der Waals surface area contributed by atoms with Gasteiger partial charge in [-0.25, -0.2) is 4.39 Å². The van der Waals surface area contributed by atoms with E-state index in [9.17, 15) is 9.18 Å². The molecule has 0 aromatic heterocycles. The summed E-state index contributed by atoms with van der Waals surface area (Å²) in [5.74, 6) is -0.730. The van der Waals surface area contributed by atoms with Gasteiger partial charge in [-0.1, -0.05) is 0 Å². The SMILES string of the molecule is Cc1c(F)cc(C#N)cc1NC(=O)CCCN. The van der Waals surface area contributed by atoms with Crippen molar-refractivity contribution in [1.82, 2.24) is 0 Å². The van der Waals surface area contributed by atoms with Crippen LogP contribution in [0.15, 0.2) is 12.1 Å². The zero-order valence-electron chi connectivity index (χ0n) is 9.59. The fourth-order valence-corrected chi connectivity index (χ4v) is 1.35. The molecule has 1 aromatic carbocycles. The summed E-state index contributed by atoms with van der Waals surface area (Å²) in [5, 5.41) is 11.3. The molecule has 0 bridgehead atoms. The zero-order chi connectivity index (χ0) is 12.8. The Morgan fingerprint density at radius 1 is 1.59 bits per heavy atom. The lowest BCUT2D eigenvalue weighted by Crippen LogP contribution is -2.14. The molecule has 0 aliphatic heterocycles. The molecule has 0 radical (unpaired) electrons. The molecule has 1 aromatic rings. The zero-order valence-corrected chi connectivity index (χ0v) is 9.59. The van der Waals surface area contributed by atoms with Gasteiger partial charge in [0.25, 0.3) is 0 Å². The van der Waals surface area contributed by atoms with Gasteiger partial charge < -0.3 is 11.1 Å². The minimum atomic E-state index is -0.502. The average Bonchev–Trinajstić information content (AvgIpc) is 2.32. The van der Waals surface area contributed by atoms with Crippen LogP contribution in [0, 0.1) is 24.1 Å². The van der Waals surface area contributed by atoms with Crippen LogP contribution in [0.3, 0.4) is 0 Å². The summed E-state index contributed by atoms with van der Waals surface area (Å²) < 4.78 is 13.4. The van der Waals surface area contributed by atoms with E-state index < -0.39 is 5.82 Å². The number of carbonyl (C=O) groups excluding carboxylic acids is 1. The highest BCUT2D eigenvalue weighted by atomic mass is 19.1. The van der Waals surface area contributed by atoms with Gasteiger partial charge in [0.05, 0.1) is 11.6 Å². The number of nitriles is 1. The van der Waals surface area contributed by atoms with Gasteiger partial charge in [-0.05, 0) is 32.0 Å². The van der Waals surface area contributed by atoms with Crippen molar-refractivity contribution in [3.05, 3.63) is 29.1 Å². The third kappa shape index (κ3) is 3.54. The highest BCUT2D eigenvalue weighted by Gasteiger charge is 2.09.